The highest BCUT2D eigenvalue weighted by atomic mass is 16.4. The first kappa shape index (κ1) is 29.0. The summed E-state index contributed by atoms with van der Waals surface area (Å²) < 4.78 is 0. The average molecular weight is 601 g/mol. The van der Waals surface area contributed by atoms with Gasteiger partial charge in [0.05, 0.1) is 22.3 Å². The first-order chi connectivity index (χ1) is 22.1. The van der Waals surface area contributed by atoms with Crippen molar-refractivity contribution in [1.29, 1.82) is 0 Å². The third-order valence-corrected chi connectivity index (χ3v) is 7.77. The van der Waals surface area contributed by atoms with Crippen LogP contribution in [0, 0.1) is 37.0 Å². The molecule has 0 saturated carbocycles. The van der Waals surface area contributed by atoms with Crippen LogP contribution < -0.4 is 10.6 Å². The second-order valence-corrected chi connectivity index (χ2v) is 10.3. The maximum Gasteiger partial charge on any atom is 0.336 e. The number of carbonyl (C=O) groups excluding carboxylic acids is 2. The lowest BCUT2D eigenvalue weighted by molar-refractivity contribution is 0.0683. The highest BCUT2D eigenvalue weighted by Crippen LogP contribution is 2.40. The van der Waals surface area contributed by atoms with Crippen LogP contribution in [0.3, 0.4) is 0 Å². The maximum atomic E-state index is 13.5. The Labute approximate surface area is 262 Å². The molecule has 0 saturated heterocycles. The lowest BCUT2D eigenvalue weighted by Gasteiger charge is -2.17. The molecule has 0 atom stereocenters. The first-order valence-electron chi connectivity index (χ1n) is 13.7. The van der Waals surface area contributed by atoms with E-state index in [1.807, 2.05) is 36.4 Å². The van der Waals surface area contributed by atoms with Crippen LogP contribution in [0.5, 0.6) is 0 Å². The molecule has 8 nitrogen and oxygen atoms in total. The zero-order valence-corrected chi connectivity index (χ0v) is 23.8. The molecule has 0 radical (unpaired) electrons. The van der Waals surface area contributed by atoms with Gasteiger partial charge in [0.25, 0.3) is 11.8 Å². The molecule has 0 aromatic heterocycles. The van der Waals surface area contributed by atoms with E-state index in [-0.39, 0.29) is 33.4 Å². The average Bonchev–Trinajstić information content (AvgIpc) is 3.07. The molecule has 0 spiro atoms. The van der Waals surface area contributed by atoms with Crippen LogP contribution >= 0.6 is 0 Å². The van der Waals surface area contributed by atoms with Crippen molar-refractivity contribution >= 4 is 67.4 Å². The second kappa shape index (κ2) is 11.2. The minimum absolute atomic E-state index is 0.0809. The van der Waals surface area contributed by atoms with E-state index in [2.05, 4.69) is 28.4 Å². The van der Waals surface area contributed by atoms with Crippen LogP contribution in [-0.2, 0) is 0 Å². The van der Waals surface area contributed by atoms with Crippen molar-refractivity contribution in [3.8, 4) is 37.0 Å². The standard InChI is InChI=1S/C38H20N2O6/c1-4-20-7-12-25(37(43)44)28(17-20)35(41)39-31-15-10-23-9-14-27-32(16-11-24-8-13-26(31)33(23)34(24)27)40-36(42)29-18-21(5-2)22(6-3)19-30(29)38(45)46/h1-3,7-19H,(H,39,41)(H,40,42)(H,43,44)(H,45,46). The summed E-state index contributed by atoms with van der Waals surface area (Å²) in [5.41, 5.74) is 0.897. The number of amides is 2. The normalized spacial score (nSPS) is 10.6. The number of carboxylic acid groups (broad SMARTS) is 2. The molecule has 0 heterocycles. The zero-order chi connectivity index (χ0) is 32.7. The number of hydrogen-bond acceptors (Lipinski definition) is 4. The lowest BCUT2D eigenvalue weighted by Crippen LogP contribution is -2.17. The molecule has 6 rings (SSSR count). The van der Waals surface area contributed by atoms with Gasteiger partial charge in [0.15, 0.2) is 0 Å². The molecular formula is C38H20N2O6. The number of aromatic carboxylic acids is 2. The summed E-state index contributed by atoms with van der Waals surface area (Å²) in [6.45, 7) is 0. The molecule has 218 valence electrons. The first-order valence-corrected chi connectivity index (χ1v) is 13.7. The molecule has 6 aromatic rings. The van der Waals surface area contributed by atoms with E-state index in [4.69, 9.17) is 19.3 Å². The van der Waals surface area contributed by atoms with Gasteiger partial charge in [-0.25, -0.2) is 9.59 Å². The van der Waals surface area contributed by atoms with Crippen molar-refractivity contribution in [1.82, 2.24) is 0 Å². The SMILES string of the molecule is C#Cc1ccc(C(=O)O)c(C(=O)Nc2ccc3ccc4c(NC(=O)c5cc(C#C)c(C#C)cc5C(=O)O)ccc5ccc2c3c54)c1. The molecule has 6 aromatic carbocycles. The predicted molar refractivity (Wildman–Crippen MR) is 177 cm³/mol. The molecule has 0 aliphatic carbocycles. The summed E-state index contributed by atoms with van der Waals surface area (Å²) in [6, 6.07) is 21.1. The Bertz CT molecular complexity index is 2450. The Hall–Kier alpha value is -7.08. The smallest absolute Gasteiger partial charge is 0.336 e. The van der Waals surface area contributed by atoms with Crippen LogP contribution in [-0.4, -0.2) is 34.0 Å². The number of hydrogen-bond donors (Lipinski definition) is 4. The number of anilines is 2. The van der Waals surface area contributed by atoms with Gasteiger partial charge in [-0.05, 0) is 64.0 Å². The van der Waals surface area contributed by atoms with Gasteiger partial charge in [0.1, 0.15) is 0 Å². The molecule has 46 heavy (non-hydrogen) atoms. The molecular weight excluding hydrogens is 580 g/mol. The van der Waals surface area contributed by atoms with E-state index in [0.29, 0.717) is 27.7 Å². The summed E-state index contributed by atoms with van der Waals surface area (Å²) in [6.07, 6.45) is 16.5. The van der Waals surface area contributed by atoms with Crippen LogP contribution in [0.1, 0.15) is 58.1 Å². The van der Waals surface area contributed by atoms with Crippen molar-refractivity contribution in [3.63, 3.8) is 0 Å². The van der Waals surface area contributed by atoms with Gasteiger partial charge in [-0.15, -0.1) is 19.3 Å². The van der Waals surface area contributed by atoms with Gasteiger partial charge < -0.3 is 20.8 Å². The Kier molecular flexibility index (Phi) is 7.07. The van der Waals surface area contributed by atoms with E-state index in [0.717, 1.165) is 21.5 Å². The van der Waals surface area contributed by atoms with Gasteiger partial charge in [-0.2, -0.15) is 0 Å². The van der Waals surface area contributed by atoms with Gasteiger partial charge in [-0.3, -0.25) is 9.59 Å². The summed E-state index contributed by atoms with van der Waals surface area (Å²) in [4.78, 5) is 50.7. The van der Waals surface area contributed by atoms with Crippen LogP contribution in [0.15, 0.2) is 78.9 Å². The number of benzene rings is 6. The summed E-state index contributed by atoms with van der Waals surface area (Å²) in [5, 5.41) is 29.7. The van der Waals surface area contributed by atoms with Crippen LogP contribution in [0.2, 0.25) is 0 Å². The van der Waals surface area contributed by atoms with E-state index in [9.17, 15) is 29.4 Å². The fourth-order valence-electron chi connectivity index (χ4n) is 5.61. The molecule has 4 N–H and O–H groups in total. The van der Waals surface area contributed by atoms with Gasteiger partial charge >= 0.3 is 11.9 Å². The van der Waals surface area contributed by atoms with Gasteiger partial charge in [-0.1, -0.05) is 54.2 Å². The zero-order valence-electron chi connectivity index (χ0n) is 23.8. The van der Waals surface area contributed by atoms with Crippen molar-refractivity contribution < 1.29 is 29.4 Å². The Balaban J connectivity index is 1.45. The number of carbonyl (C=O) groups is 4. The Morgan fingerprint density at radius 1 is 0.522 bits per heavy atom. The minimum Gasteiger partial charge on any atom is -0.478 e. The van der Waals surface area contributed by atoms with E-state index in [1.54, 1.807) is 12.1 Å². The molecule has 2 amide bonds. The monoisotopic (exact) mass is 600 g/mol. The number of rotatable bonds is 6. The van der Waals surface area contributed by atoms with Crippen molar-refractivity contribution in [2.24, 2.45) is 0 Å². The van der Waals surface area contributed by atoms with Crippen LogP contribution in [0.4, 0.5) is 11.4 Å². The quantitative estimate of drug-likeness (QED) is 0.129. The minimum atomic E-state index is -1.34. The number of nitrogens with one attached hydrogen (secondary N) is 2. The highest BCUT2D eigenvalue weighted by Gasteiger charge is 2.22. The Morgan fingerprint density at radius 2 is 0.978 bits per heavy atom. The largest absolute Gasteiger partial charge is 0.478 e. The van der Waals surface area contributed by atoms with Crippen molar-refractivity contribution in [3.05, 3.63) is 118 Å². The fraction of sp³-hybridized carbons (Fsp3) is 0. The molecule has 0 fully saturated rings. The van der Waals surface area contributed by atoms with E-state index >= 15 is 0 Å². The summed E-state index contributed by atoms with van der Waals surface area (Å²) >= 11 is 0. The van der Waals surface area contributed by atoms with E-state index in [1.165, 1.54) is 30.3 Å². The predicted octanol–water partition coefficient (Wildman–Crippen LogP) is 6.43. The van der Waals surface area contributed by atoms with Crippen molar-refractivity contribution in [2.75, 3.05) is 10.6 Å². The van der Waals surface area contributed by atoms with Crippen LogP contribution in [0.25, 0.3) is 32.3 Å². The molecule has 0 bridgehead atoms. The highest BCUT2D eigenvalue weighted by molar-refractivity contribution is 6.29. The topological polar surface area (TPSA) is 133 Å². The second-order valence-electron chi connectivity index (χ2n) is 10.3. The van der Waals surface area contributed by atoms with Crippen molar-refractivity contribution in [2.45, 2.75) is 0 Å². The lowest BCUT2D eigenvalue weighted by atomic mass is 9.92. The fourth-order valence-corrected chi connectivity index (χ4v) is 5.61. The van der Waals surface area contributed by atoms with E-state index < -0.39 is 23.8 Å². The maximum absolute atomic E-state index is 13.5. The Morgan fingerprint density at radius 3 is 1.43 bits per heavy atom. The molecule has 0 aliphatic heterocycles. The number of terminal acetylenes is 3. The number of carboxylic acids is 2. The summed E-state index contributed by atoms with van der Waals surface area (Å²) in [5.74, 6) is 3.22. The third-order valence-electron chi connectivity index (χ3n) is 7.77. The third kappa shape index (κ3) is 4.77. The molecule has 0 aliphatic rings. The van der Waals surface area contributed by atoms with Gasteiger partial charge in [0.2, 0.25) is 0 Å². The molecule has 0 unspecified atom stereocenters. The van der Waals surface area contributed by atoms with Gasteiger partial charge in [0, 0.05) is 38.8 Å². The summed E-state index contributed by atoms with van der Waals surface area (Å²) in [7, 11) is 0. The molecule has 8 heteroatoms.